The van der Waals surface area contributed by atoms with E-state index in [0.29, 0.717) is 5.78 Å². The number of Topliss-reactive ketones (excluding diaryl/α,β-unsaturated/α-hetero) is 1. The second-order valence-electron chi connectivity index (χ2n) is 5.91. The Balaban J connectivity index is 2.30. The molecule has 1 aromatic rings. The second kappa shape index (κ2) is 5.87. The molecule has 0 amide bonds. The van der Waals surface area contributed by atoms with Crippen LogP contribution >= 0.6 is 0 Å². The van der Waals surface area contributed by atoms with Gasteiger partial charge in [-0.2, -0.15) is 0 Å². The summed E-state index contributed by atoms with van der Waals surface area (Å²) in [6.07, 6.45) is 4.05. The Morgan fingerprint density at radius 1 is 1.21 bits per heavy atom. The molecule has 0 bridgehead atoms. The Morgan fingerprint density at radius 2 is 1.89 bits per heavy atom. The van der Waals surface area contributed by atoms with Crippen LogP contribution in [0.4, 0.5) is 0 Å². The van der Waals surface area contributed by atoms with Crippen LogP contribution in [-0.2, 0) is 0 Å². The zero-order valence-corrected chi connectivity index (χ0v) is 12.4. The maximum Gasteiger partial charge on any atom is 0.169 e. The maximum absolute atomic E-state index is 12.9. The Bertz CT molecular complexity index is 453. The largest absolute Gasteiger partial charge is 0.317 e. The van der Waals surface area contributed by atoms with Gasteiger partial charge in [-0.05, 0) is 63.4 Å². The van der Waals surface area contributed by atoms with E-state index in [4.69, 9.17) is 0 Å². The normalized spacial score (nSPS) is 18.3. The third-order valence-electron chi connectivity index (χ3n) is 4.54. The molecule has 1 fully saturated rings. The standard InChI is InChI=1S/C17H25NO/c1-4-7-17(8-10-18-11-9-17)16(19)15-6-5-13(2)14(3)12-15/h5-6,12,18H,4,7-11H2,1-3H3. The SMILES string of the molecule is CCCC1(C(=O)c2ccc(C)c(C)c2)CCNCC1. The highest BCUT2D eigenvalue weighted by Gasteiger charge is 2.38. The fourth-order valence-corrected chi connectivity index (χ4v) is 3.16. The van der Waals surface area contributed by atoms with Crippen LogP contribution in [0.15, 0.2) is 18.2 Å². The molecule has 19 heavy (non-hydrogen) atoms. The summed E-state index contributed by atoms with van der Waals surface area (Å²) in [5.74, 6) is 0.360. The lowest BCUT2D eigenvalue weighted by atomic mass is 9.70. The third-order valence-corrected chi connectivity index (χ3v) is 4.54. The van der Waals surface area contributed by atoms with Crippen molar-refractivity contribution < 1.29 is 4.79 Å². The highest BCUT2D eigenvalue weighted by molar-refractivity contribution is 6.00. The molecule has 0 spiro atoms. The van der Waals surface area contributed by atoms with Crippen LogP contribution in [-0.4, -0.2) is 18.9 Å². The Hall–Kier alpha value is -1.15. The number of ketones is 1. The monoisotopic (exact) mass is 259 g/mol. The van der Waals surface area contributed by atoms with Crippen molar-refractivity contribution in [3.63, 3.8) is 0 Å². The topological polar surface area (TPSA) is 29.1 Å². The van der Waals surface area contributed by atoms with Crippen molar-refractivity contribution in [3.8, 4) is 0 Å². The highest BCUT2D eigenvalue weighted by atomic mass is 16.1. The number of carbonyl (C=O) groups is 1. The summed E-state index contributed by atoms with van der Waals surface area (Å²) in [4.78, 5) is 12.9. The van der Waals surface area contributed by atoms with Crippen molar-refractivity contribution in [2.24, 2.45) is 5.41 Å². The number of hydrogen-bond acceptors (Lipinski definition) is 2. The van der Waals surface area contributed by atoms with Gasteiger partial charge >= 0.3 is 0 Å². The zero-order valence-electron chi connectivity index (χ0n) is 12.4. The molecule has 0 unspecified atom stereocenters. The minimum absolute atomic E-state index is 0.123. The smallest absolute Gasteiger partial charge is 0.169 e. The summed E-state index contributed by atoms with van der Waals surface area (Å²) in [5, 5.41) is 3.37. The summed E-state index contributed by atoms with van der Waals surface area (Å²) >= 11 is 0. The maximum atomic E-state index is 12.9. The number of rotatable bonds is 4. The molecule has 1 N–H and O–H groups in total. The second-order valence-corrected chi connectivity index (χ2v) is 5.91. The van der Waals surface area contributed by atoms with Gasteiger partial charge < -0.3 is 5.32 Å². The molecule has 1 aliphatic heterocycles. The van der Waals surface area contributed by atoms with Gasteiger partial charge in [0.25, 0.3) is 0 Å². The van der Waals surface area contributed by atoms with E-state index in [-0.39, 0.29) is 5.41 Å². The summed E-state index contributed by atoms with van der Waals surface area (Å²) in [5.41, 5.74) is 3.25. The quantitative estimate of drug-likeness (QED) is 0.836. The number of carbonyl (C=O) groups excluding carboxylic acids is 1. The van der Waals surface area contributed by atoms with E-state index in [1.54, 1.807) is 0 Å². The van der Waals surface area contributed by atoms with Crippen LogP contribution in [0.3, 0.4) is 0 Å². The minimum atomic E-state index is -0.123. The molecule has 0 saturated carbocycles. The van der Waals surface area contributed by atoms with Crippen LogP contribution in [0.2, 0.25) is 0 Å². The molecule has 1 aliphatic rings. The van der Waals surface area contributed by atoms with E-state index in [1.165, 1.54) is 11.1 Å². The summed E-state index contributed by atoms with van der Waals surface area (Å²) in [6, 6.07) is 6.14. The third kappa shape index (κ3) is 2.89. The fourth-order valence-electron chi connectivity index (χ4n) is 3.16. The van der Waals surface area contributed by atoms with Crippen LogP contribution in [0.25, 0.3) is 0 Å². The van der Waals surface area contributed by atoms with E-state index >= 15 is 0 Å². The van der Waals surface area contributed by atoms with Crippen molar-refractivity contribution in [2.45, 2.75) is 46.5 Å². The molecule has 0 aromatic heterocycles. The lowest BCUT2D eigenvalue weighted by Crippen LogP contribution is -2.42. The molecule has 104 valence electrons. The first kappa shape index (κ1) is 14.3. The molecule has 2 rings (SSSR count). The molecule has 2 nitrogen and oxygen atoms in total. The number of piperidine rings is 1. The predicted octanol–water partition coefficient (Wildman–Crippen LogP) is 3.66. The molecule has 1 aromatic carbocycles. The molecule has 2 heteroatoms. The Morgan fingerprint density at radius 3 is 2.47 bits per heavy atom. The van der Waals surface area contributed by atoms with Gasteiger partial charge in [-0.15, -0.1) is 0 Å². The van der Waals surface area contributed by atoms with Gasteiger partial charge in [-0.1, -0.05) is 25.5 Å². The molecule has 0 aliphatic carbocycles. The fraction of sp³-hybridized carbons (Fsp3) is 0.588. The summed E-state index contributed by atoms with van der Waals surface area (Å²) in [6.45, 7) is 8.29. The average Bonchev–Trinajstić information content (AvgIpc) is 2.42. The summed E-state index contributed by atoms with van der Waals surface area (Å²) < 4.78 is 0. The zero-order chi connectivity index (χ0) is 13.9. The van der Waals surface area contributed by atoms with E-state index in [1.807, 2.05) is 6.07 Å². The van der Waals surface area contributed by atoms with Crippen molar-refractivity contribution >= 4 is 5.78 Å². The average molecular weight is 259 g/mol. The Labute approximate surface area is 116 Å². The van der Waals surface area contributed by atoms with E-state index in [2.05, 4.69) is 38.2 Å². The van der Waals surface area contributed by atoms with Gasteiger partial charge in [-0.25, -0.2) is 0 Å². The van der Waals surface area contributed by atoms with Crippen molar-refractivity contribution in [1.82, 2.24) is 5.32 Å². The molecule has 1 heterocycles. The van der Waals surface area contributed by atoms with E-state index in [0.717, 1.165) is 44.3 Å². The van der Waals surface area contributed by atoms with Gasteiger partial charge in [-0.3, -0.25) is 4.79 Å². The first-order valence-electron chi connectivity index (χ1n) is 7.42. The van der Waals surface area contributed by atoms with E-state index < -0.39 is 0 Å². The molecule has 0 atom stereocenters. The predicted molar refractivity (Wildman–Crippen MR) is 79.7 cm³/mol. The number of benzene rings is 1. The first-order valence-corrected chi connectivity index (χ1v) is 7.42. The van der Waals surface area contributed by atoms with Crippen molar-refractivity contribution in [3.05, 3.63) is 34.9 Å². The van der Waals surface area contributed by atoms with Crippen LogP contribution < -0.4 is 5.32 Å². The van der Waals surface area contributed by atoms with Gasteiger partial charge in [0.05, 0.1) is 0 Å². The van der Waals surface area contributed by atoms with Gasteiger partial charge in [0.1, 0.15) is 0 Å². The van der Waals surface area contributed by atoms with E-state index in [9.17, 15) is 4.79 Å². The van der Waals surface area contributed by atoms with Crippen molar-refractivity contribution in [1.29, 1.82) is 0 Å². The number of aryl methyl sites for hydroxylation is 2. The molecule has 0 radical (unpaired) electrons. The minimum Gasteiger partial charge on any atom is -0.317 e. The Kier molecular flexibility index (Phi) is 4.41. The van der Waals surface area contributed by atoms with Crippen LogP contribution in [0.1, 0.15) is 54.1 Å². The molecule has 1 saturated heterocycles. The molecular weight excluding hydrogens is 234 g/mol. The lowest BCUT2D eigenvalue weighted by Gasteiger charge is -2.36. The van der Waals surface area contributed by atoms with Gasteiger partial charge in [0, 0.05) is 11.0 Å². The van der Waals surface area contributed by atoms with Crippen molar-refractivity contribution in [2.75, 3.05) is 13.1 Å². The molecular formula is C17H25NO. The number of nitrogens with one attached hydrogen (secondary N) is 1. The lowest BCUT2D eigenvalue weighted by molar-refractivity contribution is 0.0704. The first-order chi connectivity index (χ1) is 9.09. The highest BCUT2D eigenvalue weighted by Crippen LogP contribution is 2.37. The van der Waals surface area contributed by atoms with Crippen LogP contribution in [0, 0.1) is 19.3 Å². The van der Waals surface area contributed by atoms with Gasteiger partial charge in [0.15, 0.2) is 5.78 Å². The van der Waals surface area contributed by atoms with Gasteiger partial charge in [0.2, 0.25) is 0 Å². The summed E-state index contributed by atoms with van der Waals surface area (Å²) in [7, 11) is 0. The van der Waals surface area contributed by atoms with Crippen LogP contribution in [0.5, 0.6) is 0 Å². The number of hydrogen-bond donors (Lipinski definition) is 1.